The number of thioether (sulfide) groups is 1. The Labute approximate surface area is 188 Å². The molecule has 31 heavy (non-hydrogen) atoms. The van der Waals surface area contributed by atoms with Crippen molar-refractivity contribution in [2.45, 2.75) is 37.0 Å². The van der Waals surface area contributed by atoms with Crippen LogP contribution in [0, 0.1) is 0 Å². The molecule has 9 heteroatoms. The first-order valence-electron chi connectivity index (χ1n) is 10.2. The second-order valence-electron chi connectivity index (χ2n) is 7.64. The first-order valence-corrected chi connectivity index (χ1v) is 12.0. The van der Waals surface area contributed by atoms with Crippen molar-refractivity contribution >= 4 is 39.2 Å². The van der Waals surface area contributed by atoms with Gasteiger partial charge in [0.1, 0.15) is 5.01 Å². The van der Waals surface area contributed by atoms with Crippen LogP contribution in [0.25, 0.3) is 21.6 Å². The summed E-state index contributed by atoms with van der Waals surface area (Å²) in [6, 6.07) is 12.3. The Balaban J connectivity index is 1.29. The number of aromatic nitrogens is 5. The first-order chi connectivity index (χ1) is 15.1. The van der Waals surface area contributed by atoms with E-state index < -0.39 is 0 Å². The molecule has 1 amide bonds. The van der Waals surface area contributed by atoms with Gasteiger partial charge in [0.15, 0.2) is 11.0 Å². The van der Waals surface area contributed by atoms with Gasteiger partial charge in [0.05, 0.1) is 22.0 Å². The monoisotopic (exact) mass is 450 g/mol. The van der Waals surface area contributed by atoms with Crippen molar-refractivity contribution in [3.63, 3.8) is 0 Å². The molecule has 5 rings (SSSR count). The Morgan fingerprint density at radius 1 is 1.26 bits per heavy atom. The Kier molecular flexibility index (Phi) is 5.45. The molecule has 1 saturated carbocycles. The smallest absolute Gasteiger partial charge is 0.233 e. The standard InChI is InChI=1S/C22H22N6OS2/c1-14(21-24-17-7-3-4-8-18(17)31-21)27(2)19(29)13-30-22-26-25-20(28(22)16-9-10-16)15-6-5-11-23-12-15/h3-8,11-12,14,16H,9-10,13H2,1-2H3. The average Bonchev–Trinajstić information content (AvgIpc) is 3.40. The molecule has 1 aliphatic carbocycles. The van der Waals surface area contributed by atoms with Gasteiger partial charge >= 0.3 is 0 Å². The zero-order chi connectivity index (χ0) is 21.4. The van der Waals surface area contributed by atoms with E-state index in [-0.39, 0.29) is 11.9 Å². The summed E-state index contributed by atoms with van der Waals surface area (Å²) in [5, 5.41) is 10.5. The molecule has 1 atom stereocenters. The molecule has 3 aromatic heterocycles. The number of rotatable bonds is 7. The lowest BCUT2D eigenvalue weighted by molar-refractivity contribution is -0.128. The lowest BCUT2D eigenvalue weighted by Crippen LogP contribution is -2.31. The topological polar surface area (TPSA) is 76.8 Å². The number of thiazole rings is 1. The van der Waals surface area contributed by atoms with Crippen LogP contribution in [0.4, 0.5) is 0 Å². The summed E-state index contributed by atoms with van der Waals surface area (Å²) in [5.41, 5.74) is 1.92. The maximum atomic E-state index is 12.9. The Morgan fingerprint density at radius 3 is 2.84 bits per heavy atom. The van der Waals surface area contributed by atoms with Crippen LogP contribution in [-0.4, -0.2) is 48.3 Å². The van der Waals surface area contributed by atoms with Crippen LogP contribution in [0.2, 0.25) is 0 Å². The first kappa shape index (κ1) is 20.1. The normalized spacial score (nSPS) is 14.6. The zero-order valence-electron chi connectivity index (χ0n) is 17.3. The van der Waals surface area contributed by atoms with Gasteiger partial charge in [-0.15, -0.1) is 21.5 Å². The molecule has 0 spiro atoms. The van der Waals surface area contributed by atoms with Crippen molar-refractivity contribution in [2.75, 3.05) is 12.8 Å². The average molecular weight is 451 g/mol. The minimum absolute atomic E-state index is 0.0463. The van der Waals surface area contributed by atoms with E-state index in [1.165, 1.54) is 11.8 Å². The number of carbonyl (C=O) groups excluding carboxylic acids is 1. The molecule has 0 bridgehead atoms. The van der Waals surface area contributed by atoms with Gasteiger partial charge in [0.2, 0.25) is 5.91 Å². The van der Waals surface area contributed by atoms with Gasteiger partial charge in [-0.25, -0.2) is 4.98 Å². The second kappa shape index (κ2) is 8.39. The third-order valence-corrected chi connectivity index (χ3v) is 7.60. The Hall–Kier alpha value is -2.78. The minimum Gasteiger partial charge on any atom is -0.336 e. The SMILES string of the molecule is CC(c1nc2ccccc2s1)N(C)C(=O)CSc1nnc(-c2cccnc2)n1C1CC1. The van der Waals surface area contributed by atoms with E-state index in [2.05, 4.69) is 25.8 Å². The largest absolute Gasteiger partial charge is 0.336 e. The number of para-hydroxylation sites is 1. The van der Waals surface area contributed by atoms with Gasteiger partial charge < -0.3 is 4.90 Å². The third-order valence-electron chi connectivity index (χ3n) is 5.46. The summed E-state index contributed by atoms with van der Waals surface area (Å²) in [7, 11) is 1.84. The number of pyridine rings is 1. The number of hydrogen-bond acceptors (Lipinski definition) is 7. The Morgan fingerprint density at radius 2 is 2.10 bits per heavy atom. The third kappa shape index (κ3) is 4.07. The van der Waals surface area contributed by atoms with Crippen LogP contribution in [0.15, 0.2) is 53.9 Å². The highest BCUT2D eigenvalue weighted by Gasteiger charge is 2.31. The molecule has 0 aliphatic heterocycles. The maximum absolute atomic E-state index is 12.9. The number of hydrogen-bond donors (Lipinski definition) is 0. The molecule has 1 fully saturated rings. The van der Waals surface area contributed by atoms with Crippen LogP contribution >= 0.6 is 23.1 Å². The van der Waals surface area contributed by atoms with Gasteiger partial charge in [-0.1, -0.05) is 23.9 Å². The molecule has 1 unspecified atom stereocenters. The molecule has 1 aliphatic rings. The van der Waals surface area contributed by atoms with Crippen molar-refractivity contribution in [1.29, 1.82) is 0 Å². The fraction of sp³-hybridized carbons (Fsp3) is 0.318. The van der Waals surface area contributed by atoms with E-state index in [9.17, 15) is 4.79 Å². The summed E-state index contributed by atoms with van der Waals surface area (Å²) in [6.07, 6.45) is 5.77. The summed E-state index contributed by atoms with van der Waals surface area (Å²) in [6.45, 7) is 2.02. The van der Waals surface area contributed by atoms with E-state index in [0.717, 1.165) is 44.6 Å². The number of carbonyl (C=O) groups is 1. The summed E-state index contributed by atoms with van der Waals surface area (Å²) < 4.78 is 3.30. The number of amides is 1. The van der Waals surface area contributed by atoms with Crippen molar-refractivity contribution in [1.82, 2.24) is 29.6 Å². The van der Waals surface area contributed by atoms with Crippen LogP contribution in [0.3, 0.4) is 0 Å². The highest BCUT2D eigenvalue weighted by Crippen LogP contribution is 2.41. The summed E-state index contributed by atoms with van der Waals surface area (Å²) >= 11 is 3.08. The van der Waals surface area contributed by atoms with Gasteiger partial charge in [0.25, 0.3) is 0 Å². The zero-order valence-corrected chi connectivity index (χ0v) is 18.9. The van der Waals surface area contributed by atoms with E-state index >= 15 is 0 Å². The lowest BCUT2D eigenvalue weighted by atomic mass is 10.3. The molecule has 0 radical (unpaired) electrons. The Bertz CT molecular complexity index is 1180. The molecule has 0 saturated heterocycles. The predicted octanol–water partition coefficient (Wildman–Crippen LogP) is 4.60. The van der Waals surface area contributed by atoms with Crippen LogP contribution in [0.5, 0.6) is 0 Å². The second-order valence-corrected chi connectivity index (χ2v) is 9.64. The highest BCUT2D eigenvalue weighted by atomic mass is 32.2. The summed E-state index contributed by atoms with van der Waals surface area (Å²) in [5.74, 6) is 1.18. The molecule has 4 aromatic rings. The van der Waals surface area contributed by atoms with E-state index in [4.69, 9.17) is 4.98 Å². The number of nitrogens with zero attached hydrogens (tertiary/aromatic N) is 6. The highest BCUT2D eigenvalue weighted by molar-refractivity contribution is 7.99. The van der Waals surface area contributed by atoms with E-state index in [1.54, 1.807) is 28.6 Å². The van der Waals surface area contributed by atoms with Crippen LogP contribution < -0.4 is 0 Å². The van der Waals surface area contributed by atoms with Gasteiger partial charge in [0, 0.05) is 31.0 Å². The number of benzene rings is 1. The fourth-order valence-electron chi connectivity index (χ4n) is 3.41. The van der Waals surface area contributed by atoms with Crippen molar-refractivity contribution < 1.29 is 4.79 Å². The quantitative estimate of drug-likeness (QED) is 0.383. The van der Waals surface area contributed by atoms with Gasteiger partial charge in [-0.3, -0.25) is 14.3 Å². The van der Waals surface area contributed by atoms with Crippen molar-refractivity contribution in [3.05, 3.63) is 53.8 Å². The predicted molar refractivity (Wildman–Crippen MR) is 123 cm³/mol. The van der Waals surface area contributed by atoms with Gasteiger partial charge in [-0.2, -0.15) is 0 Å². The number of fused-ring (bicyclic) bond motifs is 1. The molecular formula is C22H22N6OS2. The summed E-state index contributed by atoms with van der Waals surface area (Å²) in [4.78, 5) is 23.6. The molecular weight excluding hydrogens is 428 g/mol. The molecule has 3 heterocycles. The minimum atomic E-state index is -0.0854. The van der Waals surface area contributed by atoms with Crippen LogP contribution in [-0.2, 0) is 4.79 Å². The van der Waals surface area contributed by atoms with Crippen molar-refractivity contribution in [3.8, 4) is 11.4 Å². The fourth-order valence-corrected chi connectivity index (χ4v) is 5.40. The molecule has 1 aromatic carbocycles. The lowest BCUT2D eigenvalue weighted by Gasteiger charge is -2.23. The van der Waals surface area contributed by atoms with E-state index in [0.29, 0.717) is 11.8 Å². The maximum Gasteiger partial charge on any atom is 0.233 e. The molecule has 7 nitrogen and oxygen atoms in total. The van der Waals surface area contributed by atoms with E-state index in [1.807, 2.05) is 44.3 Å². The molecule has 0 N–H and O–H groups in total. The van der Waals surface area contributed by atoms with Crippen molar-refractivity contribution in [2.24, 2.45) is 0 Å². The molecule has 158 valence electrons. The van der Waals surface area contributed by atoms with Crippen LogP contribution in [0.1, 0.15) is 36.9 Å². The van der Waals surface area contributed by atoms with Gasteiger partial charge in [-0.05, 0) is 44.0 Å².